The molecule has 0 aromatic heterocycles. The van der Waals surface area contributed by atoms with Gasteiger partial charge in [-0.3, -0.25) is 4.90 Å². The molecule has 158 valence electrons. The van der Waals surface area contributed by atoms with Crippen LogP contribution in [-0.4, -0.2) is 59.2 Å². The van der Waals surface area contributed by atoms with Crippen LogP contribution in [0.25, 0.3) is 0 Å². The minimum atomic E-state index is -0.650. The van der Waals surface area contributed by atoms with E-state index in [0.29, 0.717) is 28.9 Å². The van der Waals surface area contributed by atoms with Crippen LogP contribution in [0.2, 0.25) is 0 Å². The molecule has 0 aliphatic carbocycles. The Labute approximate surface area is 170 Å². The van der Waals surface area contributed by atoms with Crippen LogP contribution in [0.15, 0.2) is 22.9 Å². The number of methoxy groups -OCH3 is 1. The predicted octanol–water partition coefficient (Wildman–Crippen LogP) is 2.06. The molecular formula is C22H29NO6. The second-order valence-electron chi connectivity index (χ2n) is 9.70. The predicted molar refractivity (Wildman–Crippen MR) is 101 cm³/mol. The number of ether oxygens (including phenoxy) is 4. The average molecular weight is 403 g/mol. The lowest BCUT2D eigenvalue weighted by Crippen LogP contribution is -2.61. The van der Waals surface area contributed by atoms with E-state index >= 15 is 0 Å². The van der Waals surface area contributed by atoms with E-state index in [1.807, 2.05) is 6.92 Å². The van der Waals surface area contributed by atoms with E-state index in [4.69, 9.17) is 18.9 Å². The van der Waals surface area contributed by atoms with Gasteiger partial charge < -0.3 is 24.1 Å². The molecule has 5 fully saturated rings. The van der Waals surface area contributed by atoms with Gasteiger partial charge in [0.05, 0.1) is 36.3 Å². The summed E-state index contributed by atoms with van der Waals surface area (Å²) in [6.45, 7) is 6.82. The van der Waals surface area contributed by atoms with E-state index in [2.05, 4.69) is 11.8 Å². The second kappa shape index (κ2) is 5.56. The SMILES string of the molecule is COC1=C(C)C(=O)O/C1=C1/O[C@@]23O[C@H]4C[C@@H]([C@H]2[C@@H]1C)N1CC[C@H]3[C@@]41CC[C@@H](C)O. The van der Waals surface area contributed by atoms with Crippen LogP contribution in [-0.2, 0) is 23.7 Å². The number of esters is 1. The maximum absolute atomic E-state index is 12.2. The molecule has 0 aromatic carbocycles. The molecule has 6 rings (SSSR count). The summed E-state index contributed by atoms with van der Waals surface area (Å²) in [7, 11) is 1.56. The van der Waals surface area contributed by atoms with Crippen molar-refractivity contribution in [1.82, 2.24) is 4.90 Å². The lowest BCUT2D eigenvalue weighted by molar-refractivity contribution is -0.256. The Morgan fingerprint density at radius 3 is 2.93 bits per heavy atom. The molecule has 6 aliphatic rings. The fourth-order valence-corrected chi connectivity index (χ4v) is 7.62. The summed E-state index contributed by atoms with van der Waals surface area (Å²) in [6, 6.07) is 0.405. The van der Waals surface area contributed by atoms with Crippen LogP contribution in [0.5, 0.6) is 0 Å². The van der Waals surface area contributed by atoms with Crippen molar-refractivity contribution in [3.8, 4) is 0 Å². The molecule has 29 heavy (non-hydrogen) atoms. The van der Waals surface area contributed by atoms with Crippen molar-refractivity contribution in [3.05, 3.63) is 22.9 Å². The van der Waals surface area contributed by atoms with Gasteiger partial charge >= 0.3 is 5.97 Å². The number of hydrogen-bond acceptors (Lipinski definition) is 7. The van der Waals surface area contributed by atoms with Crippen LogP contribution in [0, 0.1) is 17.8 Å². The number of aliphatic hydroxyl groups excluding tert-OH is 1. The molecule has 0 aromatic rings. The highest BCUT2D eigenvalue weighted by atomic mass is 16.7. The topological polar surface area (TPSA) is 77.5 Å². The van der Waals surface area contributed by atoms with Crippen LogP contribution < -0.4 is 0 Å². The number of rotatable bonds is 4. The van der Waals surface area contributed by atoms with Crippen LogP contribution in [0.1, 0.15) is 46.5 Å². The minimum absolute atomic E-state index is 0.0276. The standard InChI is InChI=1S/C22H29NO6/c1-10(24)5-7-21-14-6-8-23(21)13-9-15(21)28-22(14)16(13)11(2)18(29-22)19-17(26-4)12(3)20(25)27-19/h10-11,13-16,24H,5-9H2,1-4H3/b19-18+/t10-,11+,13+,14+,15+,16-,21+,22-/m1/s1. The van der Waals surface area contributed by atoms with Crippen molar-refractivity contribution in [3.63, 3.8) is 0 Å². The molecule has 0 saturated carbocycles. The van der Waals surface area contributed by atoms with Gasteiger partial charge in [0.25, 0.3) is 0 Å². The molecule has 0 amide bonds. The maximum Gasteiger partial charge on any atom is 0.343 e. The number of cyclic esters (lactones) is 1. The van der Waals surface area contributed by atoms with Crippen molar-refractivity contribution in [2.24, 2.45) is 17.8 Å². The zero-order chi connectivity index (χ0) is 20.3. The van der Waals surface area contributed by atoms with E-state index in [1.165, 1.54) is 0 Å². The number of allylic oxidation sites excluding steroid dienone is 1. The van der Waals surface area contributed by atoms with E-state index in [1.54, 1.807) is 14.0 Å². The Kier molecular flexibility index (Phi) is 3.49. The Morgan fingerprint density at radius 2 is 2.21 bits per heavy atom. The summed E-state index contributed by atoms with van der Waals surface area (Å²) in [4.78, 5) is 14.9. The smallest absolute Gasteiger partial charge is 0.343 e. The molecule has 0 radical (unpaired) electrons. The van der Waals surface area contributed by atoms with Crippen molar-refractivity contribution in [1.29, 1.82) is 0 Å². The Balaban J connectivity index is 1.44. The summed E-state index contributed by atoms with van der Waals surface area (Å²) < 4.78 is 24.5. The monoisotopic (exact) mass is 403 g/mol. The molecule has 6 aliphatic heterocycles. The summed E-state index contributed by atoms with van der Waals surface area (Å²) in [5, 5.41) is 9.95. The maximum atomic E-state index is 12.2. The van der Waals surface area contributed by atoms with Crippen molar-refractivity contribution >= 4 is 5.97 Å². The first-order valence-electron chi connectivity index (χ1n) is 10.9. The minimum Gasteiger partial charge on any atom is -0.492 e. The van der Waals surface area contributed by atoms with Gasteiger partial charge in [-0.2, -0.15) is 0 Å². The number of piperidine rings is 1. The van der Waals surface area contributed by atoms with E-state index in [0.717, 1.165) is 32.2 Å². The number of carbonyl (C=O) groups excluding carboxylic acids is 1. The number of nitrogens with zero attached hydrogens (tertiary/aromatic N) is 1. The molecule has 1 N–H and O–H groups in total. The highest BCUT2D eigenvalue weighted by Crippen LogP contribution is 2.73. The Bertz CT molecular complexity index is 863. The number of aliphatic hydroxyl groups is 1. The molecule has 1 unspecified atom stereocenters. The zero-order valence-electron chi connectivity index (χ0n) is 17.4. The highest BCUT2D eigenvalue weighted by Gasteiger charge is 2.84. The number of hydrogen-bond donors (Lipinski definition) is 1. The third kappa shape index (κ3) is 1.89. The van der Waals surface area contributed by atoms with Gasteiger partial charge in [0.2, 0.25) is 11.5 Å². The lowest BCUT2D eigenvalue weighted by atomic mass is 9.69. The van der Waals surface area contributed by atoms with Crippen LogP contribution in [0.3, 0.4) is 0 Å². The number of fused-ring (bicyclic) bond motifs is 1. The fourth-order valence-electron chi connectivity index (χ4n) is 7.62. The molecular weight excluding hydrogens is 374 g/mol. The first kappa shape index (κ1) is 18.2. The second-order valence-corrected chi connectivity index (χ2v) is 9.70. The number of carbonyl (C=O) groups is 1. The van der Waals surface area contributed by atoms with Crippen LogP contribution in [0.4, 0.5) is 0 Å². The third-order valence-corrected chi connectivity index (χ3v) is 8.56. The lowest BCUT2D eigenvalue weighted by Gasteiger charge is -2.48. The first-order valence-corrected chi connectivity index (χ1v) is 10.9. The van der Waals surface area contributed by atoms with Crippen molar-refractivity contribution in [2.45, 2.75) is 76.0 Å². The van der Waals surface area contributed by atoms with Gasteiger partial charge in [0.15, 0.2) is 5.76 Å². The first-order chi connectivity index (χ1) is 13.8. The van der Waals surface area contributed by atoms with Gasteiger partial charge in [-0.15, -0.1) is 0 Å². The molecule has 5 saturated heterocycles. The molecule has 5 bridgehead atoms. The zero-order valence-corrected chi connectivity index (χ0v) is 17.4. The third-order valence-electron chi connectivity index (χ3n) is 8.56. The van der Waals surface area contributed by atoms with E-state index in [-0.39, 0.29) is 41.5 Å². The normalized spacial score (nSPS) is 52.2. The summed E-state index contributed by atoms with van der Waals surface area (Å²) in [6.07, 6.45) is 3.61. The summed E-state index contributed by atoms with van der Waals surface area (Å²) in [5.41, 5.74) is 0.451. The molecule has 9 atom stereocenters. The van der Waals surface area contributed by atoms with Gasteiger partial charge in [0.1, 0.15) is 5.76 Å². The van der Waals surface area contributed by atoms with Gasteiger partial charge in [0, 0.05) is 17.9 Å². The van der Waals surface area contributed by atoms with Gasteiger partial charge in [-0.25, -0.2) is 4.79 Å². The largest absolute Gasteiger partial charge is 0.492 e. The quantitative estimate of drug-likeness (QED) is 0.720. The van der Waals surface area contributed by atoms with Gasteiger partial charge in [-0.05, 0) is 46.1 Å². The van der Waals surface area contributed by atoms with E-state index in [9.17, 15) is 9.90 Å². The van der Waals surface area contributed by atoms with Crippen LogP contribution >= 0.6 is 0 Å². The summed E-state index contributed by atoms with van der Waals surface area (Å²) in [5.74, 6) is 1.15. The molecule has 1 spiro atoms. The van der Waals surface area contributed by atoms with Gasteiger partial charge in [-0.1, -0.05) is 6.92 Å². The van der Waals surface area contributed by atoms with Crippen molar-refractivity contribution < 1.29 is 28.8 Å². The Hall–Kier alpha value is -1.57. The van der Waals surface area contributed by atoms with E-state index < -0.39 is 5.79 Å². The van der Waals surface area contributed by atoms with Crippen molar-refractivity contribution in [2.75, 3.05) is 13.7 Å². The molecule has 6 heterocycles. The fraction of sp³-hybridized carbons (Fsp3) is 0.773. The summed E-state index contributed by atoms with van der Waals surface area (Å²) >= 11 is 0. The molecule has 7 nitrogen and oxygen atoms in total. The Morgan fingerprint density at radius 1 is 1.41 bits per heavy atom. The molecule has 7 heteroatoms. The average Bonchev–Trinajstić information content (AvgIpc) is 3.38. The highest BCUT2D eigenvalue weighted by molar-refractivity contribution is 5.93.